The van der Waals surface area contributed by atoms with Gasteiger partial charge in [-0.05, 0) is 45.9 Å². The SMILES string of the molecule is CCOC(C)(CC)C(NC)c1c(F)ccc(C)c1F. The molecule has 0 saturated heterocycles. The van der Waals surface area contributed by atoms with Crippen molar-refractivity contribution in [3.63, 3.8) is 0 Å². The number of rotatable bonds is 6. The highest BCUT2D eigenvalue weighted by Gasteiger charge is 2.37. The van der Waals surface area contributed by atoms with Gasteiger partial charge in [-0.1, -0.05) is 13.0 Å². The average Bonchev–Trinajstić information content (AvgIpc) is 2.39. The Morgan fingerprint density at radius 3 is 2.42 bits per heavy atom. The normalized spacial score (nSPS) is 16.2. The lowest BCUT2D eigenvalue weighted by atomic mass is 9.86. The molecule has 0 spiro atoms. The van der Waals surface area contributed by atoms with Crippen molar-refractivity contribution < 1.29 is 13.5 Å². The van der Waals surface area contributed by atoms with Crippen LogP contribution in [-0.2, 0) is 4.74 Å². The molecule has 4 heteroatoms. The molecule has 0 radical (unpaired) electrons. The molecule has 1 aromatic carbocycles. The number of nitrogens with one attached hydrogen (secondary N) is 1. The highest BCUT2D eigenvalue weighted by atomic mass is 19.1. The van der Waals surface area contributed by atoms with E-state index in [1.54, 1.807) is 14.0 Å². The summed E-state index contributed by atoms with van der Waals surface area (Å²) in [5.74, 6) is -1.04. The molecular weight excluding hydrogens is 248 g/mol. The van der Waals surface area contributed by atoms with Gasteiger partial charge in [0, 0.05) is 12.2 Å². The van der Waals surface area contributed by atoms with Gasteiger partial charge in [0.15, 0.2) is 0 Å². The lowest BCUT2D eigenvalue weighted by molar-refractivity contribution is -0.0562. The van der Waals surface area contributed by atoms with Crippen LogP contribution in [0.4, 0.5) is 8.78 Å². The smallest absolute Gasteiger partial charge is 0.133 e. The molecule has 2 unspecified atom stereocenters. The van der Waals surface area contributed by atoms with Crippen molar-refractivity contribution in [2.75, 3.05) is 13.7 Å². The topological polar surface area (TPSA) is 21.3 Å². The molecule has 2 atom stereocenters. The second-order valence-corrected chi connectivity index (χ2v) is 4.91. The van der Waals surface area contributed by atoms with Crippen LogP contribution in [0.15, 0.2) is 12.1 Å². The maximum atomic E-state index is 14.3. The fraction of sp³-hybridized carbons (Fsp3) is 0.600. The molecule has 0 fully saturated rings. The Labute approximate surface area is 114 Å². The van der Waals surface area contributed by atoms with Crippen LogP contribution in [-0.4, -0.2) is 19.3 Å². The molecule has 108 valence electrons. The zero-order valence-corrected chi connectivity index (χ0v) is 12.3. The first-order valence-electron chi connectivity index (χ1n) is 6.67. The summed E-state index contributed by atoms with van der Waals surface area (Å²) >= 11 is 0. The molecule has 0 bridgehead atoms. The van der Waals surface area contributed by atoms with Crippen molar-refractivity contribution in [2.45, 2.75) is 45.8 Å². The van der Waals surface area contributed by atoms with E-state index in [0.29, 0.717) is 18.6 Å². The summed E-state index contributed by atoms with van der Waals surface area (Å²) in [6.07, 6.45) is 0.652. The van der Waals surface area contributed by atoms with E-state index in [0.717, 1.165) is 0 Å². The van der Waals surface area contributed by atoms with Gasteiger partial charge in [-0.15, -0.1) is 0 Å². The zero-order valence-electron chi connectivity index (χ0n) is 12.3. The van der Waals surface area contributed by atoms with Crippen LogP contribution >= 0.6 is 0 Å². The molecule has 1 aromatic rings. The monoisotopic (exact) mass is 271 g/mol. The van der Waals surface area contributed by atoms with E-state index < -0.39 is 23.3 Å². The molecule has 0 heterocycles. The van der Waals surface area contributed by atoms with Gasteiger partial charge < -0.3 is 10.1 Å². The van der Waals surface area contributed by atoms with E-state index in [1.807, 2.05) is 20.8 Å². The fourth-order valence-corrected chi connectivity index (χ4v) is 2.42. The largest absolute Gasteiger partial charge is 0.374 e. The van der Waals surface area contributed by atoms with Gasteiger partial charge in [0.05, 0.1) is 11.6 Å². The Morgan fingerprint density at radius 2 is 1.95 bits per heavy atom. The van der Waals surface area contributed by atoms with Gasteiger partial charge in [-0.3, -0.25) is 0 Å². The first kappa shape index (κ1) is 16.1. The molecule has 0 aliphatic heterocycles. The lowest BCUT2D eigenvalue weighted by Crippen LogP contribution is -2.43. The molecule has 19 heavy (non-hydrogen) atoms. The molecule has 0 aromatic heterocycles. The van der Waals surface area contributed by atoms with Gasteiger partial charge in [-0.2, -0.15) is 0 Å². The first-order chi connectivity index (χ1) is 8.91. The summed E-state index contributed by atoms with van der Waals surface area (Å²) in [4.78, 5) is 0. The van der Waals surface area contributed by atoms with Crippen molar-refractivity contribution in [2.24, 2.45) is 0 Å². The molecule has 0 aliphatic rings. The van der Waals surface area contributed by atoms with E-state index in [4.69, 9.17) is 4.74 Å². The minimum absolute atomic E-state index is 0.0558. The third-order valence-corrected chi connectivity index (χ3v) is 3.68. The van der Waals surface area contributed by atoms with E-state index in [9.17, 15) is 8.78 Å². The van der Waals surface area contributed by atoms with Crippen LogP contribution in [0.3, 0.4) is 0 Å². The summed E-state index contributed by atoms with van der Waals surface area (Å²) in [7, 11) is 1.69. The van der Waals surface area contributed by atoms with Crippen LogP contribution in [0.5, 0.6) is 0 Å². The van der Waals surface area contributed by atoms with Crippen LogP contribution in [0.2, 0.25) is 0 Å². The number of hydrogen-bond donors (Lipinski definition) is 1. The molecule has 0 amide bonds. The van der Waals surface area contributed by atoms with E-state index >= 15 is 0 Å². The number of hydrogen-bond acceptors (Lipinski definition) is 2. The Morgan fingerprint density at radius 1 is 1.32 bits per heavy atom. The number of likely N-dealkylation sites (N-methyl/N-ethyl adjacent to an activating group) is 1. The summed E-state index contributed by atoms with van der Waals surface area (Å²) < 4.78 is 34.1. The Kier molecular flexibility index (Phi) is 5.44. The first-order valence-corrected chi connectivity index (χ1v) is 6.67. The highest BCUT2D eigenvalue weighted by molar-refractivity contribution is 5.31. The summed E-state index contributed by atoms with van der Waals surface area (Å²) in [6.45, 7) is 7.83. The van der Waals surface area contributed by atoms with Crippen molar-refractivity contribution in [1.82, 2.24) is 5.32 Å². The maximum absolute atomic E-state index is 14.3. The second-order valence-electron chi connectivity index (χ2n) is 4.91. The van der Waals surface area contributed by atoms with Crippen LogP contribution in [0.25, 0.3) is 0 Å². The Bertz CT molecular complexity index is 436. The van der Waals surface area contributed by atoms with Crippen molar-refractivity contribution in [3.8, 4) is 0 Å². The predicted molar refractivity (Wildman–Crippen MR) is 73.2 cm³/mol. The summed E-state index contributed by atoms with van der Waals surface area (Å²) in [5.41, 5.74) is -0.161. The van der Waals surface area contributed by atoms with Crippen LogP contribution in [0, 0.1) is 18.6 Å². The molecule has 2 nitrogen and oxygen atoms in total. The lowest BCUT2D eigenvalue weighted by Gasteiger charge is -2.37. The van der Waals surface area contributed by atoms with Crippen LogP contribution < -0.4 is 5.32 Å². The highest BCUT2D eigenvalue weighted by Crippen LogP contribution is 2.35. The number of ether oxygens (including phenoxy) is 1. The van der Waals surface area contributed by atoms with Gasteiger partial charge in [0.25, 0.3) is 0 Å². The molecule has 0 aliphatic carbocycles. The van der Waals surface area contributed by atoms with Crippen molar-refractivity contribution in [1.29, 1.82) is 0 Å². The molecule has 1 rings (SSSR count). The van der Waals surface area contributed by atoms with Crippen molar-refractivity contribution in [3.05, 3.63) is 34.9 Å². The van der Waals surface area contributed by atoms with E-state index in [-0.39, 0.29) is 5.56 Å². The summed E-state index contributed by atoms with van der Waals surface area (Å²) in [6, 6.07) is 2.22. The second kappa shape index (κ2) is 6.44. The molecule has 1 N–H and O–H groups in total. The zero-order chi connectivity index (χ0) is 14.6. The third kappa shape index (κ3) is 3.12. The van der Waals surface area contributed by atoms with Crippen LogP contribution in [0.1, 0.15) is 44.4 Å². The minimum Gasteiger partial charge on any atom is -0.374 e. The number of benzene rings is 1. The maximum Gasteiger partial charge on any atom is 0.133 e. The standard InChI is InChI=1S/C15H23F2NO/c1-6-15(4,19-7-2)14(18-5)12-11(16)9-8-10(3)13(12)17/h8-9,14,18H,6-7H2,1-5H3. The van der Waals surface area contributed by atoms with E-state index in [2.05, 4.69) is 5.32 Å². The van der Waals surface area contributed by atoms with Crippen molar-refractivity contribution >= 4 is 0 Å². The quantitative estimate of drug-likeness (QED) is 0.851. The molecular formula is C15H23F2NO. The predicted octanol–water partition coefficient (Wildman–Crippen LogP) is 3.74. The summed E-state index contributed by atoms with van der Waals surface area (Å²) in [5, 5.41) is 3.00. The van der Waals surface area contributed by atoms with Gasteiger partial charge >= 0.3 is 0 Å². The minimum atomic E-state index is -0.654. The average molecular weight is 271 g/mol. The van der Waals surface area contributed by atoms with E-state index in [1.165, 1.54) is 12.1 Å². The number of aryl methyl sites for hydroxylation is 1. The van der Waals surface area contributed by atoms with Gasteiger partial charge in [0.1, 0.15) is 11.6 Å². The van der Waals surface area contributed by atoms with Gasteiger partial charge in [-0.25, -0.2) is 8.78 Å². The molecule has 0 saturated carbocycles. The Hall–Kier alpha value is -1.00. The third-order valence-electron chi connectivity index (χ3n) is 3.68. The Balaban J connectivity index is 3.34. The number of halogens is 2. The fourth-order valence-electron chi connectivity index (χ4n) is 2.42. The van der Waals surface area contributed by atoms with Gasteiger partial charge in [0.2, 0.25) is 0 Å².